The molecule has 0 saturated carbocycles. The first-order valence-corrected chi connectivity index (χ1v) is 6.87. The van der Waals surface area contributed by atoms with Gasteiger partial charge in [-0.1, -0.05) is 11.6 Å². The van der Waals surface area contributed by atoms with E-state index in [4.69, 9.17) is 33.3 Å². The average molecular weight is 339 g/mol. The molecule has 1 heterocycles. The zero-order valence-corrected chi connectivity index (χ0v) is 12.9. The second kappa shape index (κ2) is 6.59. The normalized spacial score (nSPS) is 10.1. The van der Waals surface area contributed by atoms with Gasteiger partial charge in [0.15, 0.2) is 5.11 Å². The van der Waals surface area contributed by atoms with Crippen LogP contribution in [0.25, 0.3) is 11.3 Å². The van der Waals surface area contributed by atoms with Crippen molar-refractivity contribution in [2.45, 2.75) is 6.92 Å². The van der Waals surface area contributed by atoms with Crippen molar-refractivity contribution in [2.24, 2.45) is 0 Å². The number of thiocarbonyl (C=S) groups is 1. The lowest BCUT2D eigenvalue weighted by Gasteiger charge is -2.10. The van der Waals surface area contributed by atoms with Crippen LogP contribution in [-0.2, 0) is 4.79 Å². The van der Waals surface area contributed by atoms with Crippen molar-refractivity contribution in [1.82, 2.24) is 5.32 Å². The number of aromatic carboxylic acids is 1. The van der Waals surface area contributed by atoms with Gasteiger partial charge >= 0.3 is 5.97 Å². The molecule has 0 radical (unpaired) electrons. The Balaban J connectivity index is 2.27. The van der Waals surface area contributed by atoms with Crippen LogP contribution < -0.4 is 10.6 Å². The Morgan fingerprint density at radius 2 is 2.00 bits per heavy atom. The quantitative estimate of drug-likeness (QED) is 0.745. The van der Waals surface area contributed by atoms with Crippen molar-refractivity contribution in [1.29, 1.82) is 0 Å². The fraction of sp³-hybridized carbons (Fsp3) is 0.0714. The topological polar surface area (TPSA) is 91.6 Å². The minimum Gasteiger partial charge on any atom is -0.475 e. The fourth-order valence-corrected chi connectivity index (χ4v) is 2.11. The van der Waals surface area contributed by atoms with Gasteiger partial charge in [-0.25, -0.2) is 4.79 Å². The number of anilines is 1. The number of furan rings is 1. The van der Waals surface area contributed by atoms with Gasteiger partial charge in [0.05, 0.1) is 10.7 Å². The third-order valence-electron chi connectivity index (χ3n) is 2.61. The van der Waals surface area contributed by atoms with Gasteiger partial charge in [0.2, 0.25) is 11.7 Å². The number of benzene rings is 1. The molecule has 1 amide bonds. The third-order valence-corrected chi connectivity index (χ3v) is 3.14. The molecule has 22 heavy (non-hydrogen) atoms. The summed E-state index contributed by atoms with van der Waals surface area (Å²) in [5, 5.41) is 14.6. The number of carbonyl (C=O) groups is 2. The van der Waals surface area contributed by atoms with Crippen LogP contribution in [0.4, 0.5) is 5.69 Å². The maximum atomic E-state index is 10.9. The number of hydrogen-bond acceptors (Lipinski definition) is 4. The van der Waals surface area contributed by atoms with Gasteiger partial charge in [0.1, 0.15) is 5.76 Å². The molecule has 6 nitrogen and oxygen atoms in total. The van der Waals surface area contributed by atoms with Crippen molar-refractivity contribution >= 4 is 46.5 Å². The van der Waals surface area contributed by atoms with Crippen molar-refractivity contribution in [3.63, 3.8) is 0 Å². The molecular formula is C14H11ClN2O4S. The van der Waals surface area contributed by atoms with E-state index in [-0.39, 0.29) is 16.8 Å². The standard InChI is InChI=1S/C14H11ClN2O4S/c1-7(18)16-14(22)17-10-6-8(2-3-9(10)15)11-4-5-12(21-11)13(19)20/h2-6H,1H3,(H,19,20)(H2,16,17,18,22). The van der Waals surface area contributed by atoms with Gasteiger partial charge in [0.25, 0.3) is 0 Å². The summed E-state index contributed by atoms with van der Waals surface area (Å²) < 4.78 is 5.22. The van der Waals surface area contributed by atoms with Crippen LogP contribution in [0.5, 0.6) is 0 Å². The highest BCUT2D eigenvalue weighted by Gasteiger charge is 2.12. The number of nitrogens with one attached hydrogen (secondary N) is 2. The lowest BCUT2D eigenvalue weighted by atomic mass is 10.1. The van der Waals surface area contributed by atoms with Crippen LogP contribution in [0.3, 0.4) is 0 Å². The van der Waals surface area contributed by atoms with Gasteiger partial charge in [-0.15, -0.1) is 0 Å². The molecule has 114 valence electrons. The van der Waals surface area contributed by atoms with Crippen LogP contribution in [0, 0.1) is 0 Å². The molecule has 0 saturated heterocycles. The smallest absolute Gasteiger partial charge is 0.371 e. The Morgan fingerprint density at radius 1 is 1.27 bits per heavy atom. The van der Waals surface area contributed by atoms with Gasteiger partial charge < -0.3 is 20.2 Å². The summed E-state index contributed by atoms with van der Waals surface area (Å²) in [5.74, 6) is -1.23. The maximum absolute atomic E-state index is 10.9. The van der Waals surface area contributed by atoms with Crippen molar-refractivity contribution in [2.75, 3.05) is 5.32 Å². The molecule has 0 unspecified atom stereocenters. The molecule has 8 heteroatoms. The highest BCUT2D eigenvalue weighted by Crippen LogP contribution is 2.30. The second-order valence-corrected chi connectivity index (χ2v) is 5.11. The van der Waals surface area contributed by atoms with Crippen LogP contribution in [0.2, 0.25) is 5.02 Å². The minimum atomic E-state index is -1.15. The molecule has 0 spiro atoms. The molecule has 0 bridgehead atoms. The largest absolute Gasteiger partial charge is 0.475 e. The SMILES string of the molecule is CC(=O)NC(=S)Nc1cc(-c2ccc(C(=O)O)o2)ccc1Cl. The molecule has 1 aromatic heterocycles. The molecule has 0 atom stereocenters. The summed E-state index contributed by atoms with van der Waals surface area (Å²) in [6, 6.07) is 7.84. The minimum absolute atomic E-state index is 0.109. The van der Waals surface area contributed by atoms with Crippen molar-refractivity contribution < 1.29 is 19.1 Å². The molecule has 0 aliphatic heterocycles. The van der Waals surface area contributed by atoms with Crippen LogP contribution in [0.15, 0.2) is 34.7 Å². The molecule has 1 aromatic carbocycles. The monoisotopic (exact) mass is 338 g/mol. The van der Waals surface area contributed by atoms with Crippen LogP contribution in [-0.4, -0.2) is 22.1 Å². The van der Waals surface area contributed by atoms with Gasteiger partial charge in [-0.05, 0) is 42.5 Å². The van der Waals surface area contributed by atoms with E-state index in [2.05, 4.69) is 10.6 Å². The Morgan fingerprint density at radius 3 is 2.59 bits per heavy atom. The van der Waals surface area contributed by atoms with E-state index in [1.165, 1.54) is 13.0 Å². The van der Waals surface area contributed by atoms with Gasteiger partial charge in [-0.2, -0.15) is 0 Å². The first kappa shape index (κ1) is 16.0. The molecule has 3 N–H and O–H groups in total. The number of carboxylic acid groups (broad SMARTS) is 1. The summed E-state index contributed by atoms with van der Waals surface area (Å²) in [4.78, 5) is 21.8. The lowest BCUT2D eigenvalue weighted by Crippen LogP contribution is -2.32. The lowest BCUT2D eigenvalue weighted by molar-refractivity contribution is -0.117. The maximum Gasteiger partial charge on any atom is 0.371 e. The zero-order valence-electron chi connectivity index (χ0n) is 11.3. The van der Waals surface area contributed by atoms with E-state index < -0.39 is 5.97 Å². The second-order valence-electron chi connectivity index (χ2n) is 4.30. The number of halogens is 1. The summed E-state index contributed by atoms with van der Waals surface area (Å²) in [6.45, 7) is 1.34. The predicted molar refractivity (Wildman–Crippen MR) is 86.2 cm³/mol. The van der Waals surface area contributed by atoms with Crippen LogP contribution >= 0.6 is 23.8 Å². The van der Waals surface area contributed by atoms with E-state index in [0.29, 0.717) is 22.0 Å². The zero-order chi connectivity index (χ0) is 16.3. The number of hydrogen-bond donors (Lipinski definition) is 3. The molecular weight excluding hydrogens is 328 g/mol. The molecule has 0 aliphatic rings. The van der Waals surface area contributed by atoms with Gasteiger partial charge in [-0.3, -0.25) is 4.79 Å². The Labute approximate surface area is 136 Å². The third kappa shape index (κ3) is 3.84. The van der Waals surface area contributed by atoms with E-state index >= 15 is 0 Å². The van der Waals surface area contributed by atoms with E-state index in [1.807, 2.05) is 0 Å². The van der Waals surface area contributed by atoms with E-state index in [1.54, 1.807) is 24.3 Å². The summed E-state index contributed by atoms with van der Waals surface area (Å²) in [6.07, 6.45) is 0. The number of carboxylic acids is 1. The van der Waals surface area contributed by atoms with Gasteiger partial charge in [0, 0.05) is 12.5 Å². The highest BCUT2D eigenvalue weighted by atomic mass is 35.5. The summed E-state index contributed by atoms with van der Waals surface area (Å²) in [7, 11) is 0. The van der Waals surface area contributed by atoms with E-state index in [9.17, 15) is 9.59 Å². The Bertz CT molecular complexity index is 757. The molecule has 0 aliphatic carbocycles. The molecule has 0 fully saturated rings. The Hall–Kier alpha value is -2.38. The summed E-state index contributed by atoms with van der Waals surface area (Å²) in [5.41, 5.74) is 1.08. The van der Waals surface area contributed by atoms with Crippen LogP contribution in [0.1, 0.15) is 17.5 Å². The fourth-order valence-electron chi connectivity index (χ4n) is 1.70. The average Bonchev–Trinajstić information content (AvgIpc) is 2.90. The first-order chi connectivity index (χ1) is 10.4. The number of amides is 1. The number of rotatable bonds is 3. The predicted octanol–water partition coefficient (Wildman–Crippen LogP) is 3.13. The summed E-state index contributed by atoms with van der Waals surface area (Å²) >= 11 is 11.0. The van der Waals surface area contributed by atoms with Crippen molar-refractivity contribution in [3.05, 3.63) is 41.1 Å². The number of carbonyl (C=O) groups excluding carboxylic acids is 1. The van der Waals surface area contributed by atoms with E-state index in [0.717, 1.165) is 0 Å². The highest BCUT2D eigenvalue weighted by molar-refractivity contribution is 7.80. The molecule has 2 rings (SSSR count). The van der Waals surface area contributed by atoms with Crippen molar-refractivity contribution in [3.8, 4) is 11.3 Å². The first-order valence-electron chi connectivity index (χ1n) is 6.08. The molecule has 2 aromatic rings. The Kier molecular flexibility index (Phi) is 4.79.